The van der Waals surface area contributed by atoms with Crippen LogP contribution in [-0.2, 0) is 19.1 Å². The molecule has 0 rings (SSSR count). The zero-order chi connectivity index (χ0) is 12.9. The molecule has 0 aromatic rings. The van der Waals surface area contributed by atoms with E-state index in [0.29, 0.717) is 32.1 Å². The summed E-state index contributed by atoms with van der Waals surface area (Å²) in [5.41, 5.74) is 0. The third kappa shape index (κ3) is 11.0. The number of ether oxygens (including phenoxy) is 2. The molecule has 0 N–H and O–H groups in total. The molecule has 100 valence electrons. The molecule has 0 spiro atoms. The molecule has 0 aliphatic rings. The maximum absolute atomic E-state index is 11.0. The van der Waals surface area contributed by atoms with Crippen molar-refractivity contribution in [2.24, 2.45) is 5.16 Å². The van der Waals surface area contributed by atoms with E-state index in [1.165, 1.54) is 0 Å². The number of carbonyl (C=O) groups excluding carboxylic acids is 1. The van der Waals surface area contributed by atoms with E-state index in [2.05, 4.69) is 5.16 Å². The lowest BCUT2D eigenvalue weighted by Crippen LogP contribution is -2.03. The first kappa shape index (κ1) is 15.7. The van der Waals surface area contributed by atoms with Crippen molar-refractivity contribution in [2.45, 2.75) is 46.5 Å². The van der Waals surface area contributed by atoms with Crippen LogP contribution in [0.3, 0.4) is 0 Å². The van der Waals surface area contributed by atoms with E-state index in [1.807, 2.05) is 13.8 Å². The molecule has 0 saturated carbocycles. The van der Waals surface area contributed by atoms with Gasteiger partial charge in [0.1, 0.15) is 6.61 Å². The predicted molar refractivity (Wildman–Crippen MR) is 65.8 cm³/mol. The number of rotatable bonds is 9. The number of nitrogens with zero attached hydrogens (tertiary/aromatic N) is 1. The van der Waals surface area contributed by atoms with Crippen LogP contribution in [-0.4, -0.2) is 31.7 Å². The Morgan fingerprint density at radius 1 is 1.06 bits per heavy atom. The highest BCUT2D eigenvalue weighted by Gasteiger charge is 2.00. The van der Waals surface area contributed by atoms with Crippen LogP contribution < -0.4 is 0 Å². The summed E-state index contributed by atoms with van der Waals surface area (Å²) in [7, 11) is 0. The normalized spacial score (nSPS) is 11.1. The zero-order valence-electron chi connectivity index (χ0n) is 11.0. The number of hydrogen-bond acceptors (Lipinski definition) is 5. The van der Waals surface area contributed by atoms with Crippen LogP contribution in [0.25, 0.3) is 0 Å². The maximum Gasteiger partial charge on any atom is 0.305 e. The fourth-order valence-electron chi connectivity index (χ4n) is 1.22. The number of carbonyl (C=O) groups is 1. The molecule has 0 atom stereocenters. The van der Waals surface area contributed by atoms with Crippen LogP contribution in [0.4, 0.5) is 0 Å². The van der Waals surface area contributed by atoms with Gasteiger partial charge >= 0.3 is 5.97 Å². The Balaban J connectivity index is 3.29. The average molecular weight is 245 g/mol. The quantitative estimate of drug-likeness (QED) is 0.206. The molecule has 5 heteroatoms. The number of unbranched alkanes of at least 4 members (excludes halogenated alkanes) is 2. The highest BCUT2D eigenvalue weighted by molar-refractivity contribution is 5.72. The van der Waals surface area contributed by atoms with E-state index in [9.17, 15) is 4.79 Å². The topological polar surface area (TPSA) is 57.1 Å². The van der Waals surface area contributed by atoms with Gasteiger partial charge in [0.2, 0.25) is 5.90 Å². The minimum atomic E-state index is -0.126. The summed E-state index contributed by atoms with van der Waals surface area (Å²) in [5.74, 6) is 0.414. The molecule has 0 amide bonds. The predicted octanol–water partition coefficient (Wildman–Crippen LogP) is 2.50. The Kier molecular flexibility index (Phi) is 10.4. The van der Waals surface area contributed by atoms with Crippen molar-refractivity contribution in [3.63, 3.8) is 0 Å². The molecule has 0 aliphatic carbocycles. The van der Waals surface area contributed by atoms with Gasteiger partial charge in [0, 0.05) is 13.3 Å². The molecule has 0 unspecified atom stereocenters. The van der Waals surface area contributed by atoms with Crippen molar-refractivity contribution in [3.05, 3.63) is 0 Å². The minimum Gasteiger partial charge on any atom is -0.479 e. The number of oxime groups is 1. The lowest BCUT2D eigenvalue weighted by atomic mass is 10.2. The third-order valence-corrected chi connectivity index (χ3v) is 1.97. The highest BCUT2D eigenvalue weighted by atomic mass is 16.6. The van der Waals surface area contributed by atoms with E-state index < -0.39 is 0 Å². The molecule has 0 saturated heterocycles. The SMILES string of the molecule is CCOC(=O)CCCCCON=C(C)OCC. The van der Waals surface area contributed by atoms with E-state index in [4.69, 9.17) is 14.3 Å². The average Bonchev–Trinajstić information content (AvgIpc) is 2.28. The summed E-state index contributed by atoms with van der Waals surface area (Å²) < 4.78 is 9.91. The molecule has 0 aromatic carbocycles. The lowest BCUT2D eigenvalue weighted by Gasteiger charge is -2.03. The molecule has 0 bridgehead atoms. The highest BCUT2D eigenvalue weighted by Crippen LogP contribution is 2.02. The molecular formula is C12H23NO4. The third-order valence-electron chi connectivity index (χ3n) is 1.97. The fourth-order valence-corrected chi connectivity index (χ4v) is 1.22. The molecular weight excluding hydrogens is 222 g/mol. The van der Waals surface area contributed by atoms with Crippen LogP contribution in [0.5, 0.6) is 0 Å². The fraction of sp³-hybridized carbons (Fsp3) is 0.833. The van der Waals surface area contributed by atoms with Crippen molar-refractivity contribution in [1.82, 2.24) is 0 Å². The van der Waals surface area contributed by atoms with Crippen molar-refractivity contribution < 1.29 is 19.1 Å². The largest absolute Gasteiger partial charge is 0.479 e. The van der Waals surface area contributed by atoms with Gasteiger partial charge in [0.15, 0.2) is 0 Å². The van der Waals surface area contributed by atoms with Crippen LogP contribution in [0.2, 0.25) is 0 Å². The molecule has 0 heterocycles. The molecule has 0 aromatic heterocycles. The summed E-state index contributed by atoms with van der Waals surface area (Å²) in [6, 6.07) is 0. The van der Waals surface area contributed by atoms with E-state index >= 15 is 0 Å². The van der Waals surface area contributed by atoms with Crippen molar-refractivity contribution >= 4 is 11.9 Å². The second-order valence-electron chi connectivity index (χ2n) is 3.49. The molecule has 0 fully saturated rings. The summed E-state index contributed by atoms with van der Waals surface area (Å²) in [5, 5.41) is 3.78. The van der Waals surface area contributed by atoms with Gasteiger partial charge in [-0.05, 0) is 33.1 Å². The van der Waals surface area contributed by atoms with Crippen LogP contribution in [0.15, 0.2) is 5.16 Å². The summed E-state index contributed by atoms with van der Waals surface area (Å²) in [6.07, 6.45) is 3.12. The standard InChI is InChI=1S/C12H23NO4/c1-4-15-11(3)13-17-10-8-6-7-9-12(14)16-5-2/h4-10H2,1-3H3. The minimum absolute atomic E-state index is 0.126. The van der Waals surface area contributed by atoms with Gasteiger partial charge in [-0.2, -0.15) is 0 Å². The van der Waals surface area contributed by atoms with Crippen LogP contribution in [0, 0.1) is 0 Å². The Morgan fingerprint density at radius 3 is 2.41 bits per heavy atom. The van der Waals surface area contributed by atoms with E-state index in [0.717, 1.165) is 19.3 Å². The Morgan fingerprint density at radius 2 is 1.76 bits per heavy atom. The van der Waals surface area contributed by atoms with E-state index in [1.54, 1.807) is 6.92 Å². The molecule has 5 nitrogen and oxygen atoms in total. The molecule has 0 radical (unpaired) electrons. The van der Waals surface area contributed by atoms with Gasteiger partial charge in [0.05, 0.1) is 13.2 Å². The van der Waals surface area contributed by atoms with Gasteiger partial charge in [-0.25, -0.2) is 0 Å². The van der Waals surface area contributed by atoms with Gasteiger partial charge < -0.3 is 14.3 Å². The number of esters is 1. The summed E-state index contributed by atoms with van der Waals surface area (Å²) in [4.78, 5) is 16.1. The summed E-state index contributed by atoms with van der Waals surface area (Å²) >= 11 is 0. The lowest BCUT2D eigenvalue weighted by molar-refractivity contribution is -0.143. The first-order valence-corrected chi connectivity index (χ1v) is 6.15. The van der Waals surface area contributed by atoms with Crippen molar-refractivity contribution in [2.75, 3.05) is 19.8 Å². The van der Waals surface area contributed by atoms with Gasteiger partial charge in [-0.1, -0.05) is 5.16 Å². The van der Waals surface area contributed by atoms with E-state index in [-0.39, 0.29) is 5.97 Å². The Labute approximate surface area is 103 Å². The van der Waals surface area contributed by atoms with Crippen LogP contribution in [0.1, 0.15) is 46.5 Å². The van der Waals surface area contributed by atoms with Gasteiger partial charge in [0.25, 0.3) is 0 Å². The van der Waals surface area contributed by atoms with Crippen LogP contribution >= 0.6 is 0 Å². The number of hydrogen-bond donors (Lipinski definition) is 0. The zero-order valence-corrected chi connectivity index (χ0v) is 11.0. The molecule has 0 aliphatic heterocycles. The maximum atomic E-state index is 11.0. The van der Waals surface area contributed by atoms with Gasteiger partial charge in [-0.15, -0.1) is 0 Å². The van der Waals surface area contributed by atoms with Crippen molar-refractivity contribution in [1.29, 1.82) is 0 Å². The Bertz CT molecular complexity index is 229. The second-order valence-corrected chi connectivity index (χ2v) is 3.49. The second kappa shape index (κ2) is 11.2. The van der Waals surface area contributed by atoms with Crippen molar-refractivity contribution in [3.8, 4) is 0 Å². The molecule has 17 heavy (non-hydrogen) atoms. The monoisotopic (exact) mass is 245 g/mol. The first-order valence-electron chi connectivity index (χ1n) is 6.15. The summed E-state index contributed by atoms with van der Waals surface area (Å²) in [6.45, 7) is 7.06. The first-order chi connectivity index (χ1) is 8.20. The van der Waals surface area contributed by atoms with Gasteiger partial charge in [-0.3, -0.25) is 4.79 Å². The smallest absolute Gasteiger partial charge is 0.305 e. The Hall–Kier alpha value is -1.26.